The lowest BCUT2D eigenvalue weighted by Gasteiger charge is -2.08. The van der Waals surface area contributed by atoms with Crippen molar-refractivity contribution in [1.29, 1.82) is 0 Å². The van der Waals surface area contributed by atoms with Crippen LogP contribution in [0.25, 0.3) is 0 Å². The van der Waals surface area contributed by atoms with E-state index in [4.69, 9.17) is 16.3 Å². The molecular weight excluding hydrogens is 384 g/mol. The van der Waals surface area contributed by atoms with Gasteiger partial charge < -0.3 is 10.1 Å². The number of benzene rings is 3. The van der Waals surface area contributed by atoms with Crippen molar-refractivity contribution in [3.8, 4) is 5.75 Å². The Morgan fingerprint density at radius 3 is 2.25 bits per heavy atom. The molecule has 0 atom stereocenters. The fourth-order valence-corrected chi connectivity index (χ4v) is 2.60. The maximum absolute atomic E-state index is 12.2. The second-order valence-corrected chi connectivity index (χ2v) is 6.06. The number of rotatable bonds is 5. The zero-order chi connectivity index (χ0) is 20.1. The van der Waals surface area contributed by atoms with Crippen molar-refractivity contribution in [1.82, 2.24) is 0 Å². The Kier molecular flexibility index (Phi) is 5.67. The van der Waals surface area contributed by atoms with E-state index in [-0.39, 0.29) is 27.9 Å². The number of anilines is 1. The minimum Gasteiger partial charge on any atom is -0.423 e. The average molecular weight is 397 g/mol. The van der Waals surface area contributed by atoms with Crippen molar-refractivity contribution in [2.45, 2.75) is 0 Å². The standard InChI is InChI=1S/C20H13ClN2O5/c21-18-12-15(23(26)27)8-11-17(18)20(25)28-16-9-6-14(7-10-16)22-19(24)13-4-2-1-3-5-13/h1-12H,(H,22,24). The first kappa shape index (κ1) is 19.1. The highest BCUT2D eigenvalue weighted by Gasteiger charge is 2.17. The van der Waals surface area contributed by atoms with E-state index in [9.17, 15) is 19.7 Å². The first-order valence-electron chi connectivity index (χ1n) is 8.06. The summed E-state index contributed by atoms with van der Waals surface area (Å²) in [6.07, 6.45) is 0. The third kappa shape index (κ3) is 4.52. The van der Waals surface area contributed by atoms with Crippen LogP contribution in [0, 0.1) is 10.1 Å². The summed E-state index contributed by atoms with van der Waals surface area (Å²) in [4.78, 5) is 34.5. The number of nitrogens with one attached hydrogen (secondary N) is 1. The molecular formula is C20H13ClN2O5. The molecule has 8 heteroatoms. The lowest BCUT2D eigenvalue weighted by Crippen LogP contribution is -2.12. The molecule has 0 saturated carbocycles. The molecule has 140 valence electrons. The molecule has 0 bridgehead atoms. The van der Waals surface area contributed by atoms with Crippen molar-refractivity contribution in [2.24, 2.45) is 0 Å². The summed E-state index contributed by atoms with van der Waals surface area (Å²) in [5, 5.41) is 13.4. The van der Waals surface area contributed by atoms with E-state index in [1.807, 2.05) is 6.07 Å². The van der Waals surface area contributed by atoms with Gasteiger partial charge in [-0.1, -0.05) is 29.8 Å². The number of carbonyl (C=O) groups is 2. The molecule has 0 unspecified atom stereocenters. The number of amides is 1. The van der Waals surface area contributed by atoms with Crippen LogP contribution in [0.4, 0.5) is 11.4 Å². The van der Waals surface area contributed by atoms with Crippen LogP contribution in [0.1, 0.15) is 20.7 Å². The summed E-state index contributed by atoms with van der Waals surface area (Å²) in [6, 6.07) is 18.4. The molecule has 7 nitrogen and oxygen atoms in total. The van der Waals surface area contributed by atoms with Crippen LogP contribution in [0.2, 0.25) is 5.02 Å². The number of ether oxygens (including phenoxy) is 1. The largest absolute Gasteiger partial charge is 0.423 e. The Labute approximate surface area is 164 Å². The molecule has 0 aliphatic rings. The van der Waals surface area contributed by atoms with Crippen molar-refractivity contribution in [3.05, 3.63) is 99.1 Å². The maximum Gasteiger partial charge on any atom is 0.345 e. The SMILES string of the molecule is O=C(Nc1ccc(OC(=O)c2ccc([N+](=O)[O-])cc2Cl)cc1)c1ccccc1. The fourth-order valence-electron chi connectivity index (χ4n) is 2.34. The number of hydrogen-bond donors (Lipinski definition) is 1. The van der Waals surface area contributed by atoms with Crippen molar-refractivity contribution < 1.29 is 19.2 Å². The number of nitrogens with zero attached hydrogens (tertiary/aromatic N) is 1. The second kappa shape index (κ2) is 8.32. The number of hydrogen-bond acceptors (Lipinski definition) is 5. The summed E-state index contributed by atoms with van der Waals surface area (Å²) in [7, 11) is 0. The van der Waals surface area contributed by atoms with Gasteiger partial charge in [-0.25, -0.2) is 4.79 Å². The topological polar surface area (TPSA) is 98.5 Å². The highest BCUT2D eigenvalue weighted by atomic mass is 35.5. The monoisotopic (exact) mass is 396 g/mol. The van der Waals surface area contributed by atoms with E-state index in [0.29, 0.717) is 11.3 Å². The smallest absolute Gasteiger partial charge is 0.345 e. The molecule has 0 spiro atoms. The molecule has 3 aromatic rings. The number of nitro groups is 1. The van der Waals surface area contributed by atoms with Crippen molar-refractivity contribution >= 4 is 34.9 Å². The van der Waals surface area contributed by atoms with Crippen LogP contribution in [0.3, 0.4) is 0 Å². The summed E-state index contributed by atoms with van der Waals surface area (Å²) < 4.78 is 5.22. The summed E-state index contributed by atoms with van der Waals surface area (Å²) in [5.74, 6) is -0.777. The predicted octanol–water partition coefficient (Wildman–Crippen LogP) is 4.72. The number of esters is 1. The molecule has 3 rings (SSSR count). The molecule has 0 aromatic heterocycles. The summed E-state index contributed by atoms with van der Waals surface area (Å²) >= 11 is 5.92. The zero-order valence-corrected chi connectivity index (χ0v) is 15.1. The molecule has 0 radical (unpaired) electrons. The van der Waals surface area contributed by atoms with Gasteiger partial charge in [-0.15, -0.1) is 0 Å². The molecule has 0 saturated heterocycles. The first-order valence-corrected chi connectivity index (χ1v) is 8.44. The predicted molar refractivity (Wildman–Crippen MR) is 104 cm³/mol. The van der Waals surface area contributed by atoms with Gasteiger partial charge in [0.1, 0.15) is 5.75 Å². The minimum absolute atomic E-state index is 0.00808. The van der Waals surface area contributed by atoms with Gasteiger partial charge >= 0.3 is 5.97 Å². The van der Waals surface area contributed by atoms with Gasteiger partial charge in [-0.2, -0.15) is 0 Å². The Balaban J connectivity index is 1.66. The number of non-ortho nitro benzene ring substituents is 1. The maximum atomic E-state index is 12.2. The quantitative estimate of drug-likeness (QED) is 0.291. The molecule has 1 amide bonds. The highest BCUT2D eigenvalue weighted by molar-refractivity contribution is 6.33. The third-order valence-electron chi connectivity index (χ3n) is 3.74. The average Bonchev–Trinajstić information content (AvgIpc) is 2.69. The lowest BCUT2D eigenvalue weighted by molar-refractivity contribution is -0.384. The molecule has 0 aliphatic heterocycles. The van der Waals surface area contributed by atoms with Gasteiger partial charge in [0.15, 0.2) is 0 Å². The van der Waals surface area contributed by atoms with Crippen molar-refractivity contribution in [2.75, 3.05) is 5.32 Å². The van der Waals surface area contributed by atoms with Gasteiger partial charge in [0.2, 0.25) is 0 Å². The van der Waals surface area contributed by atoms with Crippen molar-refractivity contribution in [3.63, 3.8) is 0 Å². The number of carbonyl (C=O) groups excluding carboxylic acids is 2. The van der Waals surface area contributed by atoms with E-state index in [1.165, 1.54) is 24.3 Å². The van der Waals surface area contributed by atoms with Crippen LogP contribution in [-0.2, 0) is 0 Å². The van der Waals surface area contributed by atoms with E-state index in [2.05, 4.69) is 5.32 Å². The van der Waals surface area contributed by atoms with Gasteiger partial charge in [0.25, 0.3) is 11.6 Å². The Morgan fingerprint density at radius 1 is 0.964 bits per heavy atom. The third-order valence-corrected chi connectivity index (χ3v) is 4.05. The summed E-state index contributed by atoms with van der Waals surface area (Å²) in [6.45, 7) is 0. The van der Waals surface area contributed by atoms with E-state index in [1.54, 1.807) is 36.4 Å². The molecule has 0 aliphatic carbocycles. The van der Waals surface area contributed by atoms with E-state index >= 15 is 0 Å². The molecule has 3 aromatic carbocycles. The van der Waals surface area contributed by atoms with Gasteiger partial charge in [0, 0.05) is 23.4 Å². The second-order valence-electron chi connectivity index (χ2n) is 5.66. The van der Waals surface area contributed by atoms with Crippen LogP contribution in [-0.4, -0.2) is 16.8 Å². The normalized spacial score (nSPS) is 10.2. The summed E-state index contributed by atoms with van der Waals surface area (Å²) in [5.41, 5.74) is 0.835. The Bertz CT molecular complexity index is 1040. The van der Waals surface area contributed by atoms with Crippen LogP contribution < -0.4 is 10.1 Å². The van der Waals surface area contributed by atoms with Gasteiger partial charge in [0.05, 0.1) is 15.5 Å². The Morgan fingerprint density at radius 2 is 1.64 bits per heavy atom. The minimum atomic E-state index is -0.749. The van der Waals surface area contributed by atoms with Crippen LogP contribution >= 0.6 is 11.6 Å². The highest BCUT2D eigenvalue weighted by Crippen LogP contribution is 2.24. The fraction of sp³-hybridized carbons (Fsp3) is 0. The van der Waals surface area contributed by atoms with Crippen LogP contribution in [0.5, 0.6) is 5.75 Å². The lowest BCUT2D eigenvalue weighted by atomic mass is 10.2. The molecule has 28 heavy (non-hydrogen) atoms. The van der Waals surface area contributed by atoms with Gasteiger partial charge in [-0.05, 0) is 42.5 Å². The Hall–Kier alpha value is -3.71. The molecule has 0 fully saturated rings. The van der Waals surface area contributed by atoms with Crippen LogP contribution in [0.15, 0.2) is 72.8 Å². The van der Waals surface area contributed by atoms with Gasteiger partial charge in [-0.3, -0.25) is 14.9 Å². The number of halogens is 1. The zero-order valence-electron chi connectivity index (χ0n) is 14.3. The van der Waals surface area contributed by atoms with E-state index < -0.39 is 10.9 Å². The molecule has 0 heterocycles. The molecule has 1 N–H and O–H groups in total. The number of nitro benzene ring substituents is 1. The first-order chi connectivity index (χ1) is 13.4. The van der Waals surface area contributed by atoms with E-state index in [0.717, 1.165) is 6.07 Å².